The topological polar surface area (TPSA) is 130 Å². The molecule has 0 saturated heterocycles. The van der Waals surface area contributed by atoms with Crippen LogP contribution in [-0.2, 0) is 23.9 Å². The fraction of sp³-hybridized carbons (Fsp3) is 0.757. The predicted molar refractivity (Wildman–Crippen MR) is 172 cm³/mol. The fourth-order valence-corrected chi connectivity index (χ4v) is 8.97. The van der Waals surface area contributed by atoms with Gasteiger partial charge in [0.25, 0.3) is 0 Å². The molecule has 4 aliphatic carbocycles. The Morgan fingerprint density at radius 2 is 1.62 bits per heavy atom. The van der Waals surface area contributed by atoms with Gasteiger partial charge < -0.3 is 24.8 Å². The van der Waals surface area contributed by atoms with Gasteiger partial charge in [-0.15, -0.1) is 0 Å². The minimum absolute atomic E-state index is 0.118. The van der Waals surface area contributed by atoms with Gasteiger partial charge in [0.05, 0.1) is 12.2 Å². The summed E-state index contributed by atoms with van der Waals surface area (Å²) in [6.45, 7) is 12.5. The largest absolute Gasteiger partial charge is 0.454 e. The second-order valence-electron chi connectivity index (χ2n) is 14.8. The third-order valence-electron chi connectivity index (χ3n) is 11.7. The van der Waals surface area contributed by atoms with Crippen molar-refractivity contribution >= 4 is 17.7 Å². The molecule has 0 aromatic heterocycles. The number of esters is 2. The number of hydrogen-bond acceptors (Lipinski definition) is 8. The number of ketones is 1. The molecule has 3 N–H and O–H groups in total. The lowest BCUT2D eigenvalue weighted by Gasteiger charge is -2.53. The number of aliphatic hydroxyl groups excluding tert-OH is 1. The number of rotatable bonds is 14. The molecule has 8 nitrogen and oxygen atoms in total. The molecule has 0 aromatic carbocycles. The highest BCUT2D eigenvalue weighted by molar-refractivity contribution is 6.04. The zero-order chi connectivity index (χ0) is 33.4. The van der Waals surface area contributed by atoms with E-state index in [-0.39, 0.29) is 25.4 Å². The summed E-state index contributed by atoms with van der Waals surface area (Å²) in [6, 6.07) is 0. The van der Waals surface area contributed by atoms with Gasteiger partial charge in [0, 0.05) is 47.5 Å². The zero-order valence-corrected chi connectivity index (χ0v) is 28.5. The summed E-state index contributed by atoms with van der Waals surface area (Å²) in [6.07, 6.45) is 14.3. The maximum absolute atomic E-state index is 13.5. The summed E-state index contributed by atoms with van der Waals surface area (Å²) in [5.41, 5.74) is -4.46. The number of Topliss-reactive ketones (excluding diaryl/α,β-unsaturated/α-hetero) is 1. The minimum Gasteiger partial charge on any atom is -0.454 e. The zero-order valence-electron chi connectivity index (χ0n) is 28.5. The molecule has 0 radical (unpaired) electrons. The minimum atomic E-state index is -1.95. The molecule has 0 spiro atoms. The number of allylic oxidation sites excluding steroid dienone is 1. The van der Waals surface area contributed by atoms with Gasteiger partial charge in [-0.1, -0.05) is 97.3 Å². The summed E-state index contributed by atoms with van der Waals surface area (Å²) in [5.74, 6) is -4.43. The summed E-state index contributed by atoms with van der Waals surface area (Å²) >= 11 is 0. The van der Waals surface area contributed by atoms with Crippen LogP contribution in [0.4, 0.5) is 0 Å². The fourth-order valence-electron chi connectivity index (χ4n) is 8.97. The highest BCUT2D eigenvalue weighted by Crippen LogP contribution is 2.77. The number of hydrogen-bond donors (Lipinski definition) is 3. The lowest BCUT2D eigenvalue weighted by atomic mass is 9.59. The molecule has 8 heteroatoms. The van der Waals surface area contributed by atoms with Crippen molar-refractivity contribution in [3.8, 4) is 0 Å². The van der Waals surface area contributed by atoms with Crippen LogP contribution in [-0.4, -0.2) is 62.6 Å². The van der Waals surface area contributed by atoms with Crippen molar-refractivity contribution < 1.29 is 39.2 Å². The van der Waals surface area contributed by atoms with Crippen LogP contribution in [0.1, 0.15) is 119 Å². The van der Waals surface area contributed by atoms with E-state index in [0.29, 0.717) is 23.1 Å². The number of carbonyl (C=O) groups is 3. The van der Waals surface area contributed by atoms with Crippen LogP contribution >= 0.6 is 0 Å². The number of ether oxygens (including phenoxy) is 2. The molecule has 8 atom stereocenters. The Morgan fingerprint density at radius 1 is 1.02 bits per heavy atom. The highest BCUT2D eigenvalue weighted by atomic mass is 16.6. The quantitative estimate of drug-likeness (QED) is 0.0936. The smallest absolute Gasteiger partial charge is 0.333 e. The normalized spacial score (nSPS) is 36.6. The summed E-state index contributed by atoms with van der Waals surface area (Å²) in [7, 11) is 0. The molecule has 2 saturated carbocycles. The van der Waals surface area contributed by atoms with E-state index >= 15 is 0 Å². The molecule has 0 bridgehead atoms. The maximum atomic E-state index is 13.5. The maximum Gasteiger partial charge on any atom is 0.333 e. The van der Waals surface area contributed by atoms with Crippen LogP contribution in [0, 0.1) is 29.1 Å². The second-order valence-corrected chi connectivity index (χ2v) is 14.8. The van der Waals surface area contributed by atoms with E-state index in [1.165, 1.54) is 32.1 Å². The SMILES string of the molecule is C/C=C(\C)C(=O)OC1[C@@H](C)[C@@]2(O)[C@@H](C=C(CO)C[C@]3(O)C(=O)C(C)=C[C@@H]23)[C@@H]2C(C)(C)[C@]12OC(=O)CCCCCCCCCCC. The first-order valence-electron chi connectivity index (χ1n) is 17.2. The molecule has 1 unspecified atom stereocenters. The van der Waals surface area contributed by atoms with E-state index < -0.39 is 63.7 Å². The van der Waals surface area contributed by atoms with Crippen molar-refractivity contribution in [2.75, 3.05) is 6.61 Å². The van der Waals surface area contributed by atoms with Gasteiger partial charge in [0.1, 0.15) is 11.7 Å². The average molecular weight is 629 g/mol. The number of carbonyl (C=O) groups excluding carboxylic acids is 3. The molecular formula is C37H56O8. The van der Waals surface area contributed by atoms with Crippen LogP contribution < -0.4 is 0 Å². The van der Waals surface area contributed by atoms with E-state index in [0.717, 1.165) is 19.3 Å². The van der Waals surface area contributed by atoms with Crippen molar-refractivity contribution in [3.63, 3.8) is 0 Å². The summed E-state index contributed by atoms with van der Waals surface area (Å²) in [4.78, 5) is 40.2. The lowest BCUT2D eigenvalue weighted by Crippen LogP contribution is -2.66. The standard InChI is InChI=1S/C37H56O8/c1-8-10-11-12-13-14-15-16-17-18-29(39)45-37-30(34(37,6)7)27-20-26(22-38)21-35(42)28(19-24(4)31(35)40)36(27,43)25(5)32(37)44-33(41)23(3)9-2/h9,19-20,25,27-28,30,32,38,42-43H,8,10-18,21-22H2,1-7H3/b23-9+/t25-,27+,28-,30-,32?,35-,36-,37-/m1/s1. The molecule has 0 heterocycles. The Bertz CT molecular complexity index is 1240. The Morgan fingerprint density at radius 3 is 2.20 bits per heavy atom. The number of fused-ring (bicyclic) bond motifs is 5. The molecule has 45 heavy (non-hydrogen) atoms. The van der Waals surface area contributed by atoms with Crippen LogP contribution in [0.2, 0.25) is 0 Å². The Kier molecular flexibility index (Phi) is 10.6. The van der Waals surface area contributed by atoms with Crippen LogP contribution in [0.5, 0.6) is 0 Å². The second kappa shape index (κ2) is 13.4. The van der Waals surface area contributed by atoms with Gasteiger partial charge in [-0.2, -0.15) is 0 Å². The van der Waals surface area contributed by atoms with Crippen LogP contribution in [0.15, 0.2) is 34.9 Å². The van der Waals surface area contributed by atoms with Crippen LogP contribution in [0.25, 0.3) is 0 Å². The first kappa shape index (κ1) is 35.6. The van der Waals surface area contributed by atoms with Crippen molar-refractivity contribution in [2.24, 2.45) is 29.1 Å². The van der Waals surface area contributed by atoms with Gasteiger partial charge in [0.2, 0.25) is 0 Å². The Balaban J connectivity index is 1.65. The molecule has 252 valence electrons. The third-order valence-corrected chi connectivity index (χ3v) is 11.7. The molecule has 0 amide bonds. The van der Waals surface area contributed by atoms with E-state index in [9.17, 15) is 29.7 Å². The molecule has 2 fully saturated rings. The van der Waals surface area contributed by atoms with E-state index in [1.807, 2.05) is 13.8 Å². The molecule has 4 aliphatic rings. The van der Waals surface area contributed by atoms with E-state index in [2.05, 4.69) is 6.92 Å². The van der Waals surface area contributed by atoms with Crippen molar-refractivity contribution in [1.82, 2.24) is 0 Å². The van der Waals surface area contributed by atoms with Gasteiger partial charge in [-0.3, -0.25) is 9.59 Å². The predicted octanol–water partition coefficient (Wildman–Crippen LogP) is 5.92. The number of unbranched alkanes of at least 4 members (excludes halogenated alkanes) is 8. The monoisotopic (exact) mass is 628 g/mol. The van der Waals surface area contributed by atoms with Crippen molar-refractivity contribution in [1.29, 1.82) is 0 Å². The molecule has 0 aliphatic heterocycles. The van der Waals surface area contributed by atoms with Crippen molar-refractivity contribution in [3.05, 3.63) is 34.9 Å². The lowest BCUT2D eigenvalue weighted by molar-refractivity contribution is -0.227. The van der Waals surface area contributed by atoms with Crippen LogP contribution in [0.3, 0.4) is 0 Å². The van der Waals surface area contributed by atoms with Gasteiger partial charge in [0.15, 0.2) is 11.4 Å². The Labute approximate surface area is 269 Å². The van der Waals surface area contributed by atoms with Gasteiger partial charge in [-0.25, -0.2) is 4.79 Å². The molecule has 4 rings (SSSR count). The summed E-state index contributed by atoms with van der Waals surface area (Å²) < 4.78 is 12.6. The highest BCUT2D eigenvalue weighted by Gasteiger charge is 2.88. The third kappa shape index (κ3) is 5.89. The van der Waals surface area contributed by atoms with E-state index in [1.54, 1.807) is 45.9 Å². The first-order valence-corrected chi connectivity index (χ1v) is 17.2. The van der Waals surface area contributed by atoms with Gasteiger partial charge >= 0.3 is 11.9 Å². The van der Waals surface area contributed by atoms with Gasteiger partial charge in [-0.05, 0) is 38.3 Å². The summed E-state index contributed by atoms with van der Waals surface area (Å²) in [5, 5.41) is 35.0. The van der Waals surface area contributed by atoms with Crippen molar-refractivity contribution in [2.45, 2.75) is 142 Å². The average Bonchev–Trinajstić information content (AvgIpc) is 3.43. The number of aliphatic hydroxyl groups is 3. The molecule has 0 aromatic rings. The molecular weight excluding hydrogens is 572 g/mol. The first-order chi connectivity index (χ1) is 21.2. The Hall–Kier alpha value is -2.29. The van der Waals surface area contributed by atoms with E-state index in [4.69, 9.17) is 9.47 Å².